The van der Waals surface area contributed by atoms with E-state index in [-0.39, 0.29) is 18.3 Å². The average molecular weight is 554 g/mol. The summed E-state index contributed by atoms with van der Waals surface area (Å²) >= 11 is 7.81. The molecular weight excluding hydrogens is 525 g/mol. The Bertz CT molecular complexity index is 1210. The van der Waals surface area contributed by atoms with Crippen LogP contribution in [0.5, 0.6) is 17.2 Å². The van der Waals surface area contributed by atoms with Gasteiger partial charge in [-0.1, -0.05) is 29.0 Å². The highest BCUT2D eigenvalue weighted by Gasteiger charge is 2.22. The maximum absolute atomic E-state index is 13.4. The summed E-state index contributed by atoms with van der Waals surface area (Å²) in [7, 11) is 4.76. The molecule has 0 unspecified atom stereocenters. The lowest BCUT2D eigenvalue weighted by molar-refractivity contribution is -0.114. The van der Waals surface area contributed by atoms with Crippen LogP contribution in [0.25, 0.3) is 16.3 Å². The summed E-state index contributed by atoms with van der Waals surface area (Å²) < 4.78 is 22.4. The molecule has 0 spiro atoms. The molecule has 3 aromatic rings. The number of nitrogens with zero attached hydrogens (tertiary/aromatic N) is 3. The minimum absolute atomic E-state index is 0. The first-order chi connectivity index (χ1) is 17.0. The maximum Gasteiger partial charge on any atom is 0.252 e. The van der Waals surface area contributed by atoms with E-state index in [1.165, 1.54) is 11.3 Å². The van der Waals surface area contributed by atoms with E-state index in [1.54, 1.807) is 56.6 Å². The van der Waals surface area contributed by atoms with Crippen LogP contribution in [0, 0.1) is 0 Å². The van der Waals surface area contributed by atoms with Crippen LogP contribution in [0.4, 0.5) is 5.13 Å². The number of rotatable bonds is 9. The van der Waals surface area contributed by atoms with Crippen molar-refractivity contribution in [3.05, 3.63) is 47.0 Å². The second kappa shape index (κ2) is 13.1. The lowest BCUT2D eigenvalue weighted by atomic mass is 10.2. The van der Waals surface area contributed by atoms with Crippen LogP contribution in [0.3, 0.4) is 0 Å². The van der Waals surface area contributed by atoms with E-state index in [0.29, 0.717) is 59.2 Å². The topological polar surface area (TPSA) is 73.4 Å². The van der Waals surface area contributed by atoms with Gasteiger partial charge in [0.25, 0.3) is 5.91 Å². The number of carbonyl (C=O) groups is 1. The molecule has 8 nitrogen and oxygen atoms in total. The molecule has 0 N–H and O–H groups in total. The summed E-state index contributed by atoms with van der Waals surface area (Å²) in [6.45, 7) is 4.25. The van der Waals surface area contributed by atoms with E-state index < -0.39 is 0 Å². The number of thiazole rings is 1. The maximum atomic E-state index is 13.4. The van der Waals surface area contributed by atoms with Gasteiger partial charge in [0, 0.05) is 32.3 Å². The summed E-state index contributed by atoms with van der Waals surface area (Å²) in [5, 5.41) is 1.15. The third-order valence-corrected chi connectivity index (χ3v) is 7.27. The first-order valence-electron chi connectivity index (χ1n) is 11.2. The number of anilines is 1. The van der Waals surface area contributed by atoms with Gasteiger partial charge in [0.05, 0.1) is 44.3 Å². The zero-order valence-electron chi connectivity index (χ0n) is 20.4. The van der Waals surface area contributed by atoms with Crippen molar-refractivity contribution in [3.8, 4) is 17.2 Å². The van der Waals surface area contributed by atoms with E-state index in [4.69, 9.17) is 35.5 Å². The number of morpholine rings is 1. The van der Waals surface area contributed by atoms with Crippen molar-refractivity contribution in [2.45, 2.75) is 0 Å². The predicted octanol–water partition coefficient (Wildman–Crippen LogP) is 4.78. The molecule has 4 rings (SSSR count). The highest BCUT2D eigenvalue weighted by molar-refractivity contribution is 7.23. The van der Waals surface area contributed by atoms with Crippen molar-refractivity contribution < 1.29 is 23.7 Å². The second-order valence-corrected chi connectivity index (χ2v) is 9.20. The van der Waals surface area contributed by atoms with Gasteiger partial charge in [0.2, 0.25) is 0 Å². The van der Waals surface area contributed by atoms with Crippen LogP contribution in [0.2, 0.25) is 5.02 Å². The van der Waals surface area contributed by atoms with Gasteiger partial charge in [-0.25, -0.2) is 4.98 Å². The molecule has 1 aromatic heterocycles. The van der Waals surface area contributed by atoms with Crippen molar-refractivity contribution >= 4 is 62.7 Å². The van der Waals surface area contributed by atoms with Gasteiger partial charge in [0.1, 0.15) is 11.3 Å². The molecule has 1 aliphatic heterocycles. The summed E-state index contributed by atoms with van der Waals surface area (Å²) in [4.78, 5) is 22.1. The molecule has 194 valence electrons. The Morgan fingerprint density at radius 1 is 1.11 bits per heavy atom. The standard InChI is InChI=1S/C25H28ClN3O5S.ClH/c1-31-19-7-4-17(16-21(19)33-3)5-9-22(30)29(11-10-28-12-14-34-15-13-28)25-27-23-20(32-2)8-6-18(26)24(23)35-25;/h4-9,16H,10-15H2,1-3H3;1H/b9-5+;. The number of aromatic nitrogens is 1. The number of fused-ring (bicyclic) bond motifs is 1. The lowest BCUT2D eigenvalue weighted by Gasteiger charge is -2.28. The minimum Gasteiger partial charge on any atom is -0.494 e. The molecule has 0 aliphatic carbocycles. The number of methoxy groups -OCH3 is 3. The van der Waals surface area contributed by atoms with Crippen molar-refractivity contribution in [2.24, 2.45) is 0 Å². The van der Waals surface area contributed by atoms with Gasteiger partial charge in [-0.2, -0.15) is 0 Å². The quantitative estimate of drug-likeness (QED) is 0.353. The molecule has 2 heterocycles. The molecule has 0 radical (unpaired) electrons. The molecule has 1 aliphatic rings. The van der Waals surface area contributed by atoms with E-state index >= 15 is 0 Å². The molecule has 0 bridgehead atoms. The van der Waals surface area contributed by atoms with Gasteiger partial charge in [-0.3, -0.25) is 14.6 Å². The molecule has 36 heavy (non-hydrogen) atoms. The van der Waals surface area contributed by atoms with Crippen molar-refractivity contribution in [3.63, 3.8) is 0 Å². The largest absolute Gasteiger partial charge is 0.494 e. The van der Waals surface area contributed by atoms with Crippen LogP contribution in [0.15, 0.2) is 36.4 Å². The van der Waals surface area contributed by atoms with Gasteiger partial charge in [-0.15, -0.1) is 12.4 Å². The van der Waals surface area contributed by atoms with Crippen LogP contribution in [-0.2, 0) is 9.53 Å². The van der Waals surface area contributed by atoms with Crippen molar-refractivity contribution in [1.29, 1.82) is 0 Å². The van der Waals surface area contributed by atoms with E-state index in [1.807, 2.05) is 12.1 Å². The first kappa shape index (κ1) is 28.0. The van der Waals surface area contributed by atoms with Crippen molar-refractivity contribution in [1.82, 2.24) is 9.88 Å². The van der Waals surface area contributed by atoms with Gasteiger partial charge >= 0.3 is 0 Å². The zero-order valence-corrected chi connectivity index (χ0v) is 22.8. The van der Waals surface area contributed by atoms with Gasteiger partial charge in [0.15, 0.2) is 16.6 Å². The monoisotopic (exact) mass is 553 g/mol. The fourth-order valence-electron chi connectivity index (χ4n) is 3.80. The fraction of sp³-hybridized carbons (Fsp3) is 0.360. The van der Waals surface area contributed by atoms with E-state index in [2.05, 4.69) is 4.90 Å². The Balaban J connectivity index is 0.00000361. The van der Waals surface area contributed by atoms with E-state index in [0.717, 1.165) is 23.4 Å². The highest BCUT2D eigenvalue weighted by atomic mass is 35.5. The number of amides is 1. The number of ether oxygens (including phenoxy) is 4. The zero-order chi connectivity index (χ0) is 24.8. The molecule has 1 saturated heterocycles. The molecule has 0 saturated carbocycles. The second-order valence-electron chi connectivity index (χ2n) is 7.82. The highest BCUT2D eigenvalue weighted by Crippen LogP contribution is 2.39. The summed E-state index contributed by atoms with van der Waals surface area (Å²) in [5.41, 5.74) is 1.46. The Kier molecular flexibility index (Phi) is 10.2. The number of hydrogen-bond donors (Lipinski definition) is 0. The lowest BCUT2D eigenvalue weighted by Crippen LogP contribution is -2.42. The van der Waals surface area contributed by atoms with Gasteiger partial charge < -0.3 is 18.9 Å². The third kappa shape index (κ3) is 6.41. The molecule has 2 aromatic carbocycles. The van der Waals surface area contributed by atoms with Gasteiger partial charge in [-0.05, 0) is 35.9 Å². The van der Waals surface area contributed by atoms with Crippen LogP contribution < -0.4 is 19.1 Å². The van der Waals surface area contributed by atoms with Crippen molar-refractivity contribution in [2.75, 3.05) is 65.6 Å². The Morgan fingerprint density at radius 2 is 1.81 bits per heavy atom. The number of benzene rings is 2. The molecule has 11 heteroatoms. The first-order valence-corrected chi connectivity index (χ1v) is 12.4. The molecular formula is C25H29Cl2N3O5S. The SMILES string of the molecule is COc1ccc(/C=C/C(=O)N(CCN2CCOCC2)c2nc3c(OC)ccc(Cl)c3s2)cc1OC.Cl. The predicted molar refractivity (Wildman–Crippen MR) is 147 cm³/mol. The molecule has 0 atom stereocenters. The van der Waals surface area contributed by atoms with E-state index in [9.17, 15) is 4.79 Å². The summed E-state index contributed by atoms with van der Waals surface area (Å²) in [6, 6.07) is 9.06. The average Bonchev–Trinajstić information content (AvgIpc) is 3.34. The normalized spacial score (nSPS) is 14.0. The minimum atomic E-state index is -0.179. The van der Waals surface area contributed by atoms with Crippen LogP contribution in [-0.4, -0.2) is 76.5 Å². The number of hydrogen-bond acceptors (Lipinski definition) is 8. The Labute approximate surface area is 225 Å². The Hall–Kier alpha value is -2.56. The number of carbonyl (C=O) groups excluding carboxylic acids is 1. The van der Waals surface area contributed by atoms with Crippen LogP contribution in [0.1, 0.15) is 5.56 Å². The van der Waals surface area contributed by atoms with Crippen LogP contribution >= 0.6 is 35.3 Å². The molecule has 1 amide bonds. The third-order valence-electron chi connectivity index (χ3n) is 5.73. The number of halogens is 2. The summed E-state index contributed by atoms with van der Waals surface area (Å²) in [6.07, 6.45) is 3.30. The fourth-order valence-corrected chi connectivity index (χ4v) is 5.09. The molecule has 1 fully saturated rings. The Morgan fingerprint density at radius 3 is 2.50 bits per heavy atom. The summed E-state index contributed by atoms with van der Waals surface area (Å²) in [5.74, 6) is 1.66. The smallest absolute Gasteiger partial charge is 0.252 e.